The van der Waals surface area contributed by atoms with Crippen molar-refractivity contribution in [1.82, 2.24) is 4.90 Å². The van der Waals surface area contributed by atoms with E-state index in [1.54, 1.807) is 12.1 Å². The standard InChI is InChI=1S/C23H27NO7/c1-29-15-23(30-2,13-20(26)17-8-10-19(25)11-9-17)21(27)24-18(14-31-22(24)28)12-16-6-4-3-5-7-16/h3-11,18,20,25-26H,12-15H2,1-2H3/t18-,20?,23?/m0/s1. The second-order valence-corrected chi connectivity index (χ2v) is 7.54. The van der Waals surface area contributed by atoms with Crippen LogP contribution in [0.15, 0.2) is 54.6 Å². The van der Waals surface area contributed by atoms with Gasteiger partial charge in [-0.1, -0.05) is 42.5 Å². The van der Waals surface area contributed by atoms with Gasteiger partial charge in [0.25, 0.3) is 5.91 Å². The lowest BCUT2D eigenvalue weighted by Crippen LogP contribution is -2.56. The van der Waals surface area contributed by atoms with Gasteiger partial charge in [0, 0.05) is 20.6 Å². The van der Waals surface area contributed by atoms with Crippen molar-refractivity contribution >= 4 is 12.0 Å². The van der Waals surface area contributed by atoms with Crippen molar-refractivity contribution < 1.29 is 34.0 Å². The van der Waals surface area contributed by atoms with Gasteiger partial charge < -0.3 is 24.4 Å². The summed E-state index contributed by atoms with van der Waals surface area (Å²) in [6, 6.07) is 15.0. The number of aromatic hydroxyl groups is 1. The van der Waals surface area contributed by atoms with Gasteiger partial charge in [0.2, 0.25) is 0 Å². The largest absolute Gasteiger partial charge is 0.508 e. The number of hydrogen-bond acceptors (Lipinski definition) is 7. The van der Waals surface area contributed by atoms with Crippen molar-refractivity contribution in [3.8, 4) is 5.75 Å². The fraction of sp³-hybridized carbons (Fsp3) is 0.391. The first kappa shape index (κ1) is 22.7. The Balaban J connectivity index is 1.86. The van der Waals surface area contributed by atoms with Gasteiger partial charge in [-0.25, -0.2) is 9.69 Å². The molecular weight excluding hydrogens is 402 g/mol. The molecule has 1 fully saturated rings. The van der Waals surface area contributed by atoms with E-state index in [0.29, 0.717) is 12.0 Å². The highest BCUT2D eigenvalue weighted by Crippen LogP contribution is 2.32. The summed E-state index contributed by atoms with van der Waals surface area (Å²) in [5.74, 6) is -0.566. The predicted octanol–water partition coefficient (Wildman–Crippen LogP) is 2.44. The molecule has 0 saturated carbocycles. The van der Waals surface area contributed by atoms with E-state index in [0.717, 1.165) is 10.5 Å². The molecule has 3 rings (SSSR count). The molecule has 2 amide bonds. The highest BCUT2D eigenvalue weighted by molar-refractivity contribution is 5.98. The second kappa shape index (κ2) is 9.91. The number of carbonyl (C=O) groups excluding carboxylic acids is 2. The number of benzene rings is 2. The van der Waals surface area contributed by atoms with Gasteiger partial charge >= 0.3 is 6.09 Å². The van der Waals surface area contributed by atoms with Crippen molar-refractivity contribution in [1.29, 1.82) is 0 Å². The molecule has 1 aliphatic heterocycles. The van der Waals surface area contributed by atoms with Crippen LogP contribution < -0.4 is 0 Å². The average molecular weight is 429 g/mol. The maximum Gasteiger partial charge on any atom is 0.417 e. The van der Waals surface area contributed by atoms with Crippen molar-refractivity contribution in [2.75, 3.05) is 27.4 Å². The molecule has 2 aromatic carbocycles. The lowest BCUT2D eigenvalue weighted by Gasteiger charge is -2.35. The normalized spacial score (nSPS) is 19.0. The summed E-state index contributed by atoms with van der Waals surface area (Å²) in [6.45, 7) is -0.0912. The Labute approximate surface area is 181 Å². The van der Waals surface area contributed by atoms with E-state index in [9.17, 15) is 19.8 Å². The van der Waals surface area contributed by atoms with Gasteiger partial charge in [-0.05, 0) is 29.7 Å². The molecule has 166 valence electrons. The molecular formula is C23H27NO7. The average Bonchev–Trinajstić information content (AvgIpc) is 3.13. The first-order chi connectivity index (χ1) is 14.9. The molecule has 0 aliphatic carbocycles. The number of methoxy groups -OCH3 is 2. The Morgan fingerprint density at radius 3 is 2.48 bits per heavy atom. The number of hydrogen-bond donors (Lipinski definition) is 2. The van der Waals surface area contributed by atoms with Crippen molar-refractivity contribution in [3.05, 3.63) is 65.7 Å². The van der Waals surface area contributed by atoms with Crippen LogP contribution in [0.25, 0.3) is 0 Å². The van der Waals surface area contributed by atoms with Gasteiger partial charge in [0.05, 0.1) is 18.8 Å². The third kappa shape index (κ3) is 5.04. The van der Waals surface area contributed by atoms with Crippen LogP contribution in [0.1, 0.15) is 23.7 Å². The zero-order valence-corrected chi connectivity index (χ0v) is 17.6. The monoisotopic (exact) mass is 429 g/mol. The van der Waals surface area contributed by atoms with Crippen molar-refractivity contribution in [3.63, 3.8) is 0 Å². The van der Waals surface area contributed by atoms with Crippen LogP contribution in [0, 0.1) is 0 Å². The van der Waals surface area contributed by atoms with E-state index in [2.05, 4.69) is 0 Å². The van der Waals surface area contributed by atoms with E-state index >= 15 is 0 Å². The number of ether oxygens (including phenoxy) is 3. The number of aliphatic hydroxyl groups excluding tert-OH is 1. The van der Waals surface area contributed by atoms with Crippen LogP contribution in [0.5, 0.6) is 5.75 Å². The summed E-state index contributed by atoms with van der Waals surface area (Å²) >= 11 is 0. The lowest BCUT2D eigenvalue weighted by atomic mass is 9.90. The summed E-state index contributed by atoms with van der Waals surface area (Å²) in [5.41, 5.74) is -0.153. The molecule has 2 N–H and O–H groups in total. The van der Waals surface area contributed by atoms with E-state index in [1.165, 1.54) is 26.4 Å². The number of aliphatic hydroxyl groups is 1. The maximum atomic E-state index is 13.6. The van der Waals surface area contributed by atoms with Crippen LogP contribution in [0.2, 0.25) is 0 Å². The smallest absolute Gasteiger partial charge is 0.417 e. The third-order valence-electron chi connectivity index (χ3n) is 5.45. The molecule has 8 heteroatoms. The van der Waals surface area contributed by atoms with E-state index in [1.807, 2.05) is 30.3 Å². The van der Waals surface area contributed by atoms with Gasteiger partial charge in [-0.15, -0.1) is 0 Å². The fourth-order valence-electron chi connectivity index (χ4n) is 3.76. The van der Waals surface area contributed by atoms with Gasteiger partial charge in [-0.3, -0.25) is 4.79 Å². The Hall–Kier alpha value is -2.94. The SMILES string of the molecule is COCC(CC(O)c1ccc(O)cc1)(OC)C(=O)N1C(=O)OC[C@@H]1Cc1ccccc1. The van der Waals surface area contributed by atoms with E-state index in [4.69, 9.17) is 14.2 Å². The molecule has 1 aliphatic rings. The van der Waals surface area contributed by atoms with E-state index < -0.39 is 29.7 Å². The van der Waals surface area contributed by atoms with Gasteiger partial charge in [-0.2, -0.15) is 0 Å². The van der Waals surface area contributed by atoms with Crippen molar-refractivity contribution in [2.24, 2.45) is 0 Å². The Kier molecular flexibility index (Phi) is 7.27. The molecule has 1 saturated heterocycles. The minimum atomic E-state index is -1.61. The zero-order valence-electron chi connectivity index (χ0n) is 17.6. The number of carbonyl (C=O) groups is 2. The van der Waals surface area contributed by atoms with Crippen LogP contribution in [-0.4, -0.2) is 66.2 Å². The molecule has 0 bridgehead atoms. The molecule has 8 nitrogen and oxygen atoms in total. The molecule has 31 heavy (non-hydrogen) atoms. The van der Waals surface area contributed by atoms with Crippen LogP contribution >= 0.6 is 0 Å². The molecule has 0 spiro atoms. The summed E-state index contributed by atoms with van der Waals surface area (Å²) in [7, 11) is 2.76. The summed E-state index contributed by atoms with van der Waals surface area (Å²) in [5, 5.41) is 20.2. The molecule has 1 heterocycles. The number of amides is 2. The number of cyclic esters (lactones) is 1. The topological polar surface area (TPSA) is 106 Å². The Morgan fingerprint density at radius 1 is 1.19 bits per heavy atom. The predicted molar refractivity (Wildman–Crippen MR) is 111 cm³/mol. The Bertz CT molecular complexity index is 887. The zero-order chi connectivity index (χ0) is 22.4. The van der Waals surface area contributed by atoms with Crippen LogP contribution in [0.3, 0.4) is 0 Å². The third-order valence-corrected chi connectivity index (χ3v) is 5.45. The molecule has 0 radical (unpaired) electrons. The Morgan fingerprint density at radius 2 is 1.87 bits per heavy atom. The first-order valence-electron chi connectivity index (χ1n) is 9.95. The van der Waals surface area contributed by atoms with Gasteiger partial charge in [0.1, 0.15) is 12.4 Å². The summed E-state index contributed by atoms with van der Waals surface area (Å²) in [6.07, 6.45) is -1.55. The number of rotatable bonds is 9. The van der Waals surface area contributed by atoms with E-state index in [-0.39, 0.29) is 25.4 Å². The molecule has 0 aromatic heterocycles. The second-order valence-electron chi connectivity index (χ2n) is 7.54. The number of phenolic OH excluding ortho intramolecular Hbond substituents is 1. The molecule has 3 atom stereocenters. The number of phenols is 1. The fourth-order valence-corrected chi connectivity index (χ4v) is 3.76. The number of imide groups is 1. The summed E-state index contributed by atoms with van der Waals surface area (Å²) < 4.78 is 16.0. The molecule has 2 aromatic rings. The lowest BCUT2D eigenvalue weighted by molar-refractivity contribution is -0.164. The highest BCUT2D eigenvalue weighted by Gasteiger charge is 2.50. The van der Waals surface area contributed by atoms with Gasteiger partial charge in [0.15, 0.2) is 5.60 Å². The van der Waals surface area contributed by atoms with Crippen molar-refractivity contribution in [2.45, 2.75) is 30.6 Å². The minimum Gasteiger partial charge on any atom is -0.508 e. The highest BCUT2D eigenvalue weighted by atomic mass is 16.6. The minimum absolute atomic E-state index is 0.0606. The summed E-state index contributed by atoms with van der Waals surface area (Å²) in [4.78, 5) is 27.1. The first-order valence-corrected chi connectivity index (χ1v) is 9.95. The van der Waals surface area contributed by atoms with Crippen LogP contribution in [-0.2, 0) is 25.4 Å². The van der Waals surface area contributed by atoms with Crippen LogP contribution in [0.4, 0.5) is 4.79 Å². The molecule has 2 unspecified atom stereocenters. The number of nitrogens with zero attached hydrogens (tertiary/aromatic N) is 1. The maximum absolute atomic E-state index is 13.6. The quantitative estimate of drug-likeness (QED) is 0.631.